The van der Waals surface area contributed by atoms with Crippen LogP contribution in [-0.4, -0.2) is 19.1 Å². The molecule has 0 amide bonds. The average molecular weight is 199 g/mol. The predicted molar refractivity (Wildman–Crippen MR) is 55.8 cm³/mol. The topological polar surface area (TPSA) is 52.3 Å². The van der Waals surface area contributed by atoms with Crippen molar-refractivity contribution in [3.05, 3.63) is 0 Å². The van der Waals surface area contributed by atoms with Crippen molar-refractivity contribution >= 4 is 5.97 Å². The van der Waals surface area contributed by atoms with Gasteiger partial charge in [-0.15, -0.1) is 0 Å². The molecule has 0 aromatic carbocycles. The van der Waals surface area contributed by atoms with Crippen LogP contribution in [0.25, 0.3) is 0 Å². The Morgan fingerprint density at radius 3 is 2.64 bits per heavy atom. The Morgan fingerprint density at radius 2 is 2.21 bits per heavy atom. The van der Waals surface area contributed by atoms with E-state index in [1.807, 2.05) is 0 Å². The van der Waals surface area contributed by atoms with Crippen LogP contribution in [0.5, 0.6) is 0 Å². The standard InChI is InChI=1S/C11H21NO2/c1-2-3-7-14-10(13)8-11(9-12)5-4-6-11/h2-9,12H2,1H3. The first kappa shape index (κ1) is 11.5. The number of carbonyl (C=O) groups excluding carboxylic acids is 1. The summed E-state index contributed by atoms with van der Waals surface area (Å²) < 4.78 is 5.12. The normalized spacial score (nSPS) is 18.7. The van der Waals surface area contributed by atoms with Gasteiger partial charge in [0.1, 0.15) is 0 Å². The van der Waals surface area contributed by atoms with Gasteiger partial charge in [0.2, 0.25) is 0 Å². The third-order valence-electron chi connectivity index (χ3n) is 3.13. The van der Waals surface area contributed by atoms with Crippen molar-refractivity contribution in [2.24, 2.45) is 11.1 Å². The van der Waals surface area contributed by atoms with Crippen LogP contribution < -0.4 is 5.73 Å². The van der Waals surface area contributed by atoms with Crippen molar-refractivity contribution in [3.8, 4) is 0 Å². The van der Waals surface area contributed by atoms with E-state index in [0.717, 1.165) is 25.7 Å². The zero-order valence-electron chi connectivity index (χ0n) is 9.05. The minimum absolute atomic E-state index is 0.0661. The Labute approximate surface area is 86.0 Å². The molecule has 1 fully saturated rings. The van der Waals surface area contributed by atoms with Gasteiger partial charge < -0.3 is 10.5 Å². The number of nitrogens with two attached hydrogens (primary N) is 1. The maximum Gasteiger partial charge on any atom is 0.306 e. The molecule has 0 aromatic rings. The van der Waals surface area contributed by atoms with Crippen molar-refractivity contribution in [1.82, 2.24) is 0 Å². The number of hydrogen-bond donors (Lipinski definition) is 1. The minimum Gasteiger partial charge on any atom is -0.466 e. The van der Waals surface area contributed by atoms with Gasteiger partial charge in [-0.3, -0.25) is 4.79 Å². The van der Waals surface area contributed by atoms with Gasteiger partial charge in [-0.05, 0) is 31.2 Å². The fraction of sp³-hybridized carbons (Fsp3) is 0.909. The molecule has 0 heterocycles. The van der Waals surface area contributed by atoms with Crippen molar-refractivity contribution in [2.75, 3.05) is 13.2 Å². The summed E-state index contributed by atoms with van der Waals surface area (Å²) >= 11 is 0. The summed E-state index contributed by atoms with van der Waals surface area (Å²) in [5.41, 5.74) is 5.75. The molecule has 0 saturated heterocycles. The average Bonchev–Trinajstić information content (AvgIpc) is 2.12. The Kier molecular flexibility index (Phi) is 4.39. The number of unbranched alkanes of at least 4 members (excludes halogenated alkanes) is 1. The first-order chi connectivity index (χ1) is 6.72. The van der Waals surface area contributed by atoms with Gasteiger partial charge in [0.15, 0.2) is 0 Å². The molecule has 0 atom stereocenters. The molecular formula is C11H21NO2. The molecule has 3 heteroatoms. The summed E-state index contributed by atoms with van der Waals surface area (Å²) in [6.45, 7) is 3.27. The summed E-state index contributed by atoms with van der Waals surface area (Å²) in [7, 11) is 0. The molecule has 82 valence electrons. The van der Waals surface area contributed by atoms with Gasteiger partial charge in [0, 0.05) is 0 Å². The molecule has 0 bridgehead atoms. The maximum absolute atomic E-state index is 11.4. The molecule has 1 aliphatic carbocycles. The first-order valence-corrected chi connectivity index (χ1v) is 5.58. The molecule has 0 spiro atoms. The quantitative estimate of drug-likeness (QED) is 0.524. The molecule has 1 saturated carbocycles. The zero-order chi connectivity index (χ0) is 10.4. The van der Waals surface area contributed by atoms with E-state index in [4.69, 9.17) is 10.5 Å². The van der Waals surface area contributed by atoms with E-state index in [-0.39, 0.29) is 11.4 Å². The second-order valence-electron chi connectivity index (χ2n) is 4.31. The molecule has 0 radical (unpaired) electrons. The van der Waals surface area contributed by atoms with Crippen LogP contribution >= 0.6 is 0 Å². The van der Waals surface area contributed by atoms with Crippen LogP contribution in [0.2, 0.25) is 0 Å². The smallest absolute Gasteiger partial charge is 0.306 e. The zero-order valence-corrected chi connectivity index (χ0v) is 9.05. The number of esters is 1. The van der Waals surface area contributed by atoms with Gasteiger partial charge in [-0.2, -0.15) is 0 Å². The van der Waals surface area contributed by atoms with E-state index in [1.54, 1.807) is 0 Å². The van der Waals surface area contributed by atoms with Crippen LogP contribution in [0.15, 0.2) is 0 Å². The molecule has 1 rings (SSSR count). The summed E-state index contributed by atoms with van der Waals surface area (Å²) in [6.07, 6.45) is 5.93. The Bertz CT molecular complexity index is 182. The molecule has 0 aliphatic heterocycles. The SMILES string of the molecule is CCCCOC(=O)CC1(CN)CCC1. The lowest BCUT2D eigenvalue weighted by molar-refractivity contribution is -0.148. The summed E-state index contributed by atoms with van der Waals surface area (Å²) in [5.74, 6) is -0.0661. The van der Waals surface area contributed by atoms with Crippen molar-refractivity contribution in [2.45, 2.75) is 45.4 Å². The Balaban J connectivity index is 2.18. The van der Waals surface area contributed by atoms with Crippen LogP contribution in [0.1, 0.15) is 45.4 Å². The molecular weight excluding hydrogens is 178 g/mol. The number of ether oxygens (including phenoxy) is 1. The van der Waals surface area contributed by atoms with Gasteiger partial charge in [-0.1, -0.05) is 19.8 Å². The molecule has 0 unspecified atom stereocenters. The number of hydrogen-bond acceptors (Lipinski definition) is 3. The molecule has 3 nitrogen and oxygen atoms in total. The van der Waals surface area contributed by atoms with Crippen molar-refractivity contribution < 1.29 is 9.53 Å². The van der Waals surface area contributed by atoms with Gasteiger partial charge in [-0.25, -0.2) is 0 Å². The molecule has 0 aromatic heterocycles. The second kappa shape index (κ2) is 5.35. The number of rotatable bonds is 6. The first-order valence-electron chi connectivity index (χ1n) is 5.58. The number of carbonyl (C=O) groups is 1. The second-order valence-corrected chi connectivity index (χ2v) is 4.31. The Hall–Kier alpha value is -0.570. The third-order valence-corrected chi connectivity index (χ3v) is 3.13. The summed E-state index contributed by atoms with van der Waals surface area (Å²) in [4.78, 5) is 11.4. The van der Waals surface area contributed by atoms with E-state index >= 15 is 0 Å². The van der Waals surface area contributed by atoms with Crippen LogP contribution in [0, 0.1) is 5.41 Å². The van der Waals surface area contributed by atoms with E-state index in [0.29, 0.717) is 19.6 Å². The van der Waals surface area contributed by atoms with Gasteiger partial charge in [0.05, 0.1) is 13.0 Å². The predicted octanol–water partition coefficient (Wildman–Crippen LogP) is 1.85. The van der Waals surface area contributed by atoms with E-state index < -0.39 is 0 Å². The van der Waals surface area contributed by atoms with E-state index in [9.17, 15) is 4.79 Å². The maximum atomic E-state index is 11.4. The highest BCUT2D eigenvalue weighted by atomic mass is 16.5. The molecule has 1 aliphatic rings. The van der Waals surface area contributed by atoms with Crippen LogP contribution in [0.4, 0.5) is 0 Å². The lowest BCUT2D eigenvalue weighted by Gasteiger charge is -2.40. The highest BCUT2D eigenvalue weighted by molar-refractivity contribution is 5.70. The van der Waals surface area contributed by atoms with Crippen LogP contribution in [-0.2, 0) is 9.53 Å². The van der Waals surface area contributed by atoms with Crippen molar-refractivity contribution in [3.63, 3.8) is 0 Å². The molecule has 14 heavy (non-hydrogen) atoms. The van der Waals surface area contributed by atoms with Gasteiger partial charge >= 0.3 is 5.97 Å². The molecule has 2 N–H and O–H groups in total. The minimum atomic E-state index is -0.0661. The van der Waals surface area contributed by atoms with E-state index in [2.05, 4.69) is 6.92 Å². The Morgan fingerprint density at radius 1 is 1.50 bits per heavy atom. The highest BCUT2D eigenvalue weighted by Crippen LogP contribution is 2.43. The van der Waals surface area contributed by atoms with E-state index in [1.165, 1.54) is 6.42 Å². The summed E-state index contributed by atoms with van der Waals surface area (Å²) in [5, 5.41) is 0. The highest BCUT2D eigenvalue weighted by Gasteiger charge is 2.37. The van der Waals surface area contributed by atoms with Crippen LogP contribution in [0.3, 0.4) is 0 Å². The monoisotopic (exact) mass is 199 g/mol. The fourth-order valence-electron chi connectivity index (χ4n) is 1.82. The fourth-order valence-corrected chi connectivity index (χ4v) is 1.82. The third kappa shape index (κ3) is 2.98. The lowest BCUT2D eigenvalue weighted by Crippen LogP contribution is -2.39. The summed E-state index contributed by atoms with van der Waals surface area (Å²) in [6, 6.07) is 0. The lowest BCUT2D eigenvalue weighted by atomic mass is 9.67. The largest absolute Gasteiger partial charge is 0.466 e. The van der Waals surface area contributed by atoms with Gasteiger partial charge in [0.25, 0.3) is 0 Å². The van der Waals surface area contributed by atoms with Crippen molar-refractivity contribution in [1.29, 1.82) is 0 Å².